The van der Waals surface area contributed by atoms with Crippen molar-refractivity contribution in [3.8, 4) is 0 Å². The highest BCUT2D eigenvalue weighted by molar-refractivity contribution is 5.40. The number of rotatable bonds is 7. The molecule has 1 aromatic carbocycles. The van der Waals surface area contributed by atoms with E-state index in [1.165, 1.54) is 5.56 Å². The third-order valence-electron chi connectivity index (χ3n) is 3.11. The first-order valence-electron chi connectivity index (χ1n) is 6.78. The predicted octanol–water partition coefficient (Wildman–Crippen LogP) is 2.94. The molecule has 0 saturated heterocycles. The summed E-state index contributed by atoms with van der Waals surface area (Å²) in [7, 11) is 0. The van der Waals surface area contributed by atoms with E-state index in [0.717, 1.165) is 25.1 Å². The largest absolute Gasteiger partial charge is 0.349 e. The molecule has 5 nitrogen and oxygen atoms in total. The molecule has 20 heavy (non-hydrogen) atoms. The maximum absolute atomic E-state index is 11.0. The van der Waals surface area contributed by atoms with Gasteiger partial charge in [-0.1, -0.05) is 25.1 Å². The van der Waals surface area contributed by atoms with E-state index in [4.69, 9.17) is 0 Å². The van der Waals surface area contributed by atoms with Gasteiger partial charge in [0.2, 0.25) is 0 Å². The minimum absolute atomic E-state index is 0.173. The molecule has 0 unspecified atom stereocenters. The van der Waals surface area contributed by atoms with Crippen molar-refractivity contribution in [2.45, 2.75) is 26.4 Å². The van der Waals surface area contributed by atoms with Crippen LogP contribution in [0.2, 0.25) is 0 Å². The van der Waals surface area contributed by atoms with Crippen LogP contribution in [0.3, 0.4) is 0 Å². The Morgan fingerprint density at radius 3 is 2.85 bits per heavy atom. The molecule has 2 aromatic rings. The molecular weight excluding hydrogens is 254 g/mol. The van der Waals surface area contributed by atoms with E-state index < -0.39 is 0 Å². The fourth-order valence-electron chi connectivity index (χ4n) is 2.12. The lowest BCUT2D eigenvalue weighted by Gasteiger charge is -2.04. The van der Waals surface area contributed by atoms with Gasteiger partial charge in [-0.25, -0.2) is 0 Å². The van der Waals surface area contributed by atoms with Crippen molar-refractivity contribution in [2.24, 2.45) is 0 Å². The van der Waals surface area contributed by atoms with Gasteiger partial charge in [0, 0.05) is 30.6 Å². The van der Waals surface area contributed by atoms with E-state index in [9.17, 15) is 10.1 Å². The third kappa shape index (κ3) is 3.68. The van der Waals surface area contributed by atoms with Gasteiger partial charge in [0.25, 0.3) is 5.69 Å². The van der Waals surface area contributed by atoms with Crippen molar-refractivity contribution < 1.29 is 4.92 Å². The monoisotopic (exact) mass is 273 g/mol. The summed E-state index contributed by atoms with van der Waals surface area (Å²) in [5.74, 6) is 0. The number of nitro benzene ring substituents is 1. The molecule has 0 saturated carbocycles. The van der Waals surface area contributed by atoms with Gasteiger partial charge in [-0.15, -0.1) is 0 Å². The van der Waals surface area contributed by atoms with Gasteiger partial charge in [-0.2, -0.15) is 0 Å². The SMILES string of the molecule is CCCNCc1ccn(Cc2ccccc2[N+](=O)[O-])c1. The molecule has 1 heterocycles. The van der Waals surface area contributed by atoms with Crippen LogP contribution >= 0.6 is 0 Å². The second-order valence-corrected chi connectivity index (χ2v) is 4.75. The van der Waals surface area contributed by atoms with Crippen LogP contribution in [-0.4, -0.2) is 16.0 Å². The Balaban J connectivity index is 2.05. The molecule has 2 rings (SSSR count). The van der Waals surface area contributed by atoms with Gasteiger partial charge >= 0.3 is 0 Å². The lowest BCUT2D eigenvalue weighted by atomic mass is 10.2. The van der Waals surface area contributed by atoms with E-state index in [0.29, 0.717) is 6.54 Å². The van der Waals surface area contributed by atoms with E-state index >= 15 is 0 Å². The zero-order valence-electron chi connectivity index (χ0n) is 11.6. The highest BCUT2D eigenvalue weighted by Gasteiger charge is 2.12. The predicted molar refractivity (Wildman–Crippen MR) is 78.6 cm³/mol. The van der Waals surface area contributed by atoms with Crippen molar-refractivity contribution >= 4 is 5.69 Å². The van der Waals surface area contributed by atoms with Crippen LogP contribution in [0.1, 0.15) is 24.5 Å². The van der Waals surface area contributed by atoms with Crippen LogP contribution in [0.4, 0.5) is 5.69 Å². The number of hydrogen-bond acceptors (Lipinski definition) is 3. The Morgan fingerprint density at radius 2 is 2.10 bits per heavy atom. The van der Waals surface area contributed by atoms with Crippen LogP contribution in [0.15, 0.2) is 42.7 Å². The third-order valence-corrected chi connectivity index (χ3v) is 3.11. The maximum atomic E-state index is 11.0. The number of benzene rings is 1. The molecule has 0 aliphatic heterocycles. The molecule has 0 radical (unpaired) electrons. The number of nitrogens with one attached hydrogen (secondary N) is 1. The van der Waals surface area contributed by atoms with Gasteiger partial charge in [0.05, 0.1) is 11.5 Å². The smallest absolute Gasteiger partial charge is 0.274 e. The summed E-state index contributed by atoms with van der Waals surface area (Å²) < 4.78 is 1.98. The molecule has 0 fully saturated rings. The minimum Gasteiger partial charge on any atom is -0.349 e. The van der Waals surface area contributed by atoms with Crippen LogP contribution in [0, 0.1) is 10.1 Å². The maximum Gasteiger partial charge on any atom is 0.274 e. The second-order valence-electron chi connectivity index (χ2n) is 4.75. The Kier molecular flexibility index (Phi) is 4.90. The molecule has 1 aromatic heterocycles. The fourth-order valence-corrected chi connectivity index (χ4v) is 2.12. The van der Waals surface area contributed by atoms with Crippen LogP contribution in [0.25, 0.3) is 0 Å². The van der Waals surface area contributed by atoms with Crippen LogP contribution in [0.5, 0.6) is 0 Å². The summed E-state index contributed by atoms with van der Waals surface area (Å²) in [6.45, 7) is 4.48. The van der Waals surface area contributed by atoms with Crippen molar-refractivity contribution in [2.75, 3.05) is 6.54 Å². The minimum atomic E-state index is -0.331. The highest BCUT2D eigenvalue weighted by atomic mass is 16.6. The second kappa shape index (κ2) is 6.86. The zero-order chi connectivity index (χ0) is 14.4. The van der Waals surface area contributed by atoms with Crippen molar-refractivity contribution in [3.63, 3.8) is 0 Å². The van der Waals surface area contributed by atoms with Crippen LogP contribution in [-0.2, 0) is 13.1 Å². The molecule has 0 aliphatic carbocycles. The number of para-hydroxylation sites is 1. The van der Waals surface area contributed by atoms with Gasteiger partial charge in [0.15, 0.2) is 0 Å². The van der Waals surface area contributed by atoms with Crippen LogP contribution < -0.4 is 5.32 Å². The van der Waals surface area contributed by atoms with Crippen molar-refractivity contribution in [3.05, 3.63) is 64.0 Å². The Morgan fingerprint density at radius 1 is 1.30 bits per heavy atom. The van der Waals surface area contributed by atoms with Gasteiger partial charge in [0.1, 0.15) is 0 Å². The molecule has 0 atom stereocenters. The van der Waals surface area contributed by atoms with Crippen molar-refractivity contribution in [1.29, 1.82) is 0 Å². The summed E-state index contributed by atoms with van der Waals surface area (Å²) in [5.41, 5.74) is 2.09. The molecule has 5 heteroatoms. The van der Waals surface area contributed by atoms with Gasteiger partial charge < -0.3 is 9.88 Å². The van der Waals surface area contributed by atoms with E-state index in [-0.39, 0.29) is 10.6 Å². The quantitative estimate of drug-likeness (QED) is 0.479. The molecule has 0 amide bonds. The first kappa shape index (κ1) is 14.3. The fraction of sp³-hybridized carbons (Fsp3) is 0.333. The average Bonchev–Trinajstić information content (AvgIpc) is 2.87. The number of aromatic nitrogens is 1. The summed E-state index contributed by atoms with van der Waals surface area (Å²) in [4.78, 5) is 10.6. The molecule has 0 bridgehead atoms. The summed E-state index contributed by atoms with van der Waals surface area (Å²) in [5, 5.41) is 14.3. The summed E-state index contributed by atoms with van der Waals surface area (Å²) in [6, 6.07) is 8.90. The molecule has 0 aliphatic rings. The number of hydrogen-bond donors (Lipinski definition) is 1. The lowest BCUT2D eigenvalue weighted by molar-refractivity contribution is -0.385. The molecule has 106 valence electrons. The van der Waals surface area contributed by atoms with E-state index in [1.54, 1.807) is 18.2 Å². The topological polar surface area (TPSA) is 60.1 Å². The molecular formula is C15H19N3O2. The highest BCUT2D eigenvalue weighted by Crippen LogP contribution is 2.19. The van der Waals surface area contributed by atoms with Gasteiger partial charge in [-0.3, -0.25) is 10.1 Å². The van der Waals surface area contributed by atoms with E-state index in [1.807, 2.05) is 29.1 Å². The number of nitro groups is 1. The zero-order valence-corrected chi connectivity index (χ0v) is 11.6. The lowest BCUT2D eigenvalue weighted by Crippen LogP contribution is -2.13. The van der Waals surface area contributed by atoms with Crippen molar-refractivity contribution in [1.82, 2.24) is 9.88 Å². The first-order chi connectivity index (χ1) is 9.70. The normalized spacial score (nSPS) is 10.7. The Hall–Kier alpha value is -2.14. The molecule has 1 N–H and O–H groups in total. The summed E-state index contributed by atoms with van der Waals surface area (Å²) >= 11 is 0. The van der Waals surface area contributed by atoms with E-state index in [2.05, 4.69) is 12.2 Å². The summed E-state index contributed by atoms with van der Waals surface area (Å²) in [6.07, 6.45) is 5.09. The Bertz CT molecular complexity index is 578. The van der Waals surface area contributed by atoms with Gasteiger partial charge in [-0.05, 0) is 24.6 Å². The molecule has 0 spiro atoms. The first-order valence-corrected chi connectivity index (χ1v) is 6.78. The average molecular weight is 273 g/mol. The Labute approximate surface area is 118 Å². The standard InChI is InChI=1S/C15H19N3O2/c1-2-8-16-10-13-7-9-17(11-13)12-14-5-3-4-6-15(14)18(19)20/h3-7,9,11,16H,2,8,10,12H2,1H3. The number of nitrogens with zero attached hydrogens (tertiary/aromatic N) is 2.